The third kappa shape index (κ3) is 3.86. The van der Waals surface area contributed by atoms with Crippen LogP contribution < -0.4 is 5.63 Å². The Bertz CT molecular complexity index is 881. The summed E-state index contributed by atoms with van der Waals surface area (Å²) in [5, 5.41) is 0. The first-order valence-electron chi connectivity index (χ1n) is 10.2. The van der Waals surface area contributed by atoms with Crippen molar-refractivity contribution in [3.05, 3.63) is 107 Å². The van der Waals surface area contributed by atoms with Gasteiger partial charge in [-0.1, -0.05) is 0 Å². The number of hydrogen-bond acceptors (Lipinski definition) is 2. The topological polar surface area (TPSA) is 18.5 Å². The average molecular weight is 464 g/mol. The normalized spacial score (nSPS) is 16.1. The number of benzene rings is 2. The van der Waals surface area contributed by atoms with Crippen molar-refractivity contribution in [2.24, 2.45) is 0 Å². The first-order valence-corrected chi connectivity index (χ1v) is 15.1. The minimum absolute atomic E-state index is 0.194. The van der Waals surface area contributed by atoms with Crippen LogP contribution in [0, 0.1) is 27.7 Å². The Kier molecular flexibility index (Phi) is 5.79. The van der Waals surface area contributed by atoms with Crippen molar-refractivity contribution in [3.63, 3.8) is 0 Å². The second kappa shape index (κ2) is 8.32. The summed E-state index contributed by atoms with van der Waals surface area (Å²) in [6.07, 6.45) is 17.5. The van der Waals surface area contributed by atoms with Crippen LogP contribution in [0.25, 0.3) is 0 Å². The Morgan fingerprint density at radius 2 is 0.862 bits per heavy atom. The maximum absolute atomic E-state index is 7.13. The summed E-state index contributed by atoms with van der Waals surface area (Å²) in [5.74, 6) is 1.97. The zero-order chi connectivity index (χ0) is 20.4. The van der Waals surface area contributed by atoms with E-state index in [2.05, 4.69) is 113 Å². The van der Waals surface area contributed by atoms with E-state index in [-0.39, 0.29) is 7.25 Å². The van der Waals surface area contributed by atoms with E-state index < -0.39 is 21.1 Å². The molecule has 2 aromatic carbocycles. The number of rotatable bonds is 6. The molecule has 2 aliphatic carbocycles. The molecule has 4 rings (SSSR count). The number of allylic oxidation sites excluding steroid dienone is 8. The molecule has 0 amide bonds. The van der Waals surface area contributed by atoms with Crippen LogP contribution in [-0.2, 0) is 21.1 Å². The fourth-order valence-electron chi connectivity index (χ4n) is 4.15. The average Bonchev–Trinajstić information content (AvgIpc) is 3.41. The molecule has 0 fully saturated rings. The monoisotopic (exact) mass is 462 g/mol. The summed E-state index contributed by atoms with van der Waals surface area (Å²) in [6, 6.07) is 12.7. The SMILES string of the molecule is Cc1cccc(C)c1[O][Zr]([O]c1c(C)cccc1C)([CH]1C=CC=C1)[CH]1C=CC=C1. The van der Waals surface area contributed by atoms with Crippen LogP contribution in [-0.4, -0.2) is 0 Å². The molecule has 2 nitrogen and oxygen atoms in total. The third-order valence-electron chi connectivity index (χ3n) is 5.77. The molecule has 0 bridgehead atoms. The first-order chi connectivity index (χ1) is 14.0. The molecule has 2 aromatic rings. The van der Waals surface area contributed by atoms with Gasteiger partial charge in [0.15, 0.2) is 0 Å². The Labute approximate surface area is 179 Å². The molecule has 0 heterocycles. The van der Waals surface area contributed by atoms with Crippen LogP contribution in [0.15, 0.2) is 85.0 Å². The molecule has 0 saturated carbocycles. The van der Waals surface area contributed by atoms with E-state index in [0.717, 1.165) is 33.8 Å². The quantitative estimate of drug-likeness (QED) is 0.451. The van der Waals surface area contributed by atoms with E-state index in [1.54, 1.807) is 0 Å². The Morgan fingerprint density at radius 1 is 0.552 bits per heavy atom. The Balaban J connectivity index is 1.89. The van der Waals surface area contributed by atoms with Crippen LogP contribution in [0.3, 0.4) is 0 Å². The summed E-state index contributed by atoms with van der Waals surface area (Å²) in [6.45, 7) is 8.49. The van der Waals surface area contributed by atoms with Crippen LogP contribution in [0.1, 0.15) is 22.3 Å². The Morgan fingerprint density at radius 3 is 1.17 bits per heavy atom. The molecule has 0 aromatic heterocycles. The van der Waals surface area contributed by atoms with Crippen molar-refractivity contribution in [3.8, 4) is 11.5 Å². The summed E-state index contributed by atoms with van der Waals surface area (Å²) < 4.78 is 14.6. The molecule has 0 atom stereocenters. The van der Waals surface area contributed by atoms with Gasteiger partial charge in [0.1, 0.15) is 0 Å². The standard InChI is InChI=1S/2C8H10O.2C5H5.Zr/c2*1-6-4-3-5-7(2)8(6)9;2*1-2-4-5-3-1;/h2*3-5,9H,1-2H3;2*1-5H;/q;;;;+2/p-2. The molecule has 0 aliphatic heterocycles. The van der Waals surface area contributed by atoms with Gasteiger partial charge in [-0.15, -0.1) is 0 Å². The van der Waals surface area contributed by atoms with Gasteiger partial charge < -0.3 is 0 Å². The van der Waals surface area contributed by atoms with Crippen LogP contribution in [0.4, 0.5) is 0 Å². The van der Waals surface area contributed by atoms with Crippen LogP contribution >= 0.6 is 0 Å². The molecule has 0 unspecified atom stereocenters. The third-order valence-corrected chi connectivity index (χ3v) is 14.8. The summed E-state index contributed by atoms with van der Waals surface area (Å²) >= 11 is -3.89. The fraction of sp³-hybridized carbons (Fsp3) is 0.231. The van der Waals surface area contributed by atoms with Gasteiger partial charge in [0.2, 0.25) is 0 Å². The summed E-state index contributed by atoms with van der Waals surface area (Å²) in [4.78, 5) is 0. The molecular weight excluding hydrogens is 436 g/mol. The molecular formula is C26H28O2Zr. The molecule has 0 saturated heterocycles. The molecule has 148 valence electrons. The van der Waals surface area contributed by atoms with Crippen molar-refractivity contribution in [2.45, 2.75) is 34.9 Å². The van der Waals surface area contributed by atoms with E-state index in [0.29, 0.717) is 0 Å². The van der Waals surface area contributed by atoms with Crippen molar-refractivity contribution in [2.75, 3.05) is 0 Å². The summed E-state index contributed by atoms with van der Waals surface area (Å²) in [7, 11) is 0. The molecule has 29 heavy (non-hydrogen) atoms. The van der Waals surface area contributed by atoms with Gasteiger partial charge >= 0.3 is 180 Å². The second-order valence-electron chi connectivity index (χ2n) is 7.96. The zero-order valence-corrected chi connectivity index (χ0v) is 20.0. The molecule has 0 radical (unpaired) electrons. The fourth-order valence-corrected chi connectivity index (χ4v) is 13.6. The van der Waals surface area contributed by atoms with Gasteiger partial charge in [-0.25, -0.2) is 0 Å². The van der Waals surface area contributed by atoms with E-state index >= 15 is 0 Å². The van der Waals surface area contributed by atoms with Gasteiger partial charge in [0.05, 0.1) is 0 Å². The maximum atomic E-state index is 7.13. The van der Waals surface area contributed by atoms with E-state index in [9.17, 15) is 0 Å². The van der Waals surface area contributed by atoms with Crippen LogP contribution in [0.5, 0.6) is 11.5 Å². The van der Waals surface area contributed by atoms with Crippen molar-refractivity contribution >= 4 is 0 Å². The Hall–Kier alpha value is -2.12. The van der Waals surface area contributed by atoms with E-state index in [4.69, 9.17) is 5.63 Å². The van der Waals surface area contributed by atoms with Gasteiger partial charge in [-0.3, -0.25) is 0 Å². The summed E-state index contributed by atoms with van der Waals surface area (Å²) in [5.41, 5.74) is 4.64. The molecule has 0 N–H and O–H groups in total. The number of hydrogen-bond donors (Lipinski definition) is 0. The van der Waals surface area contributed by atoms with Crippen molar-refractivity contribution in [1.82, 2.24) is 0 Å². The van der Waals surface area contributed by atoms with Gasteiger partial charge in [0, 0.05) is 0 Å². The van der Waals surface area contributed by atoms with Gasteiger partial charge in [-0.2, -0.15) is 0 Å². The van der Waals surface area contributed by atoms with E-state index in [1.807, 2.05) is 0 Å². The molecule has 2 aliphatic rings. The predicted octanol–water partition coefficient (Wildman–Crippen LogP) is 7.19. The molecule has 3 heteroatoms. The second-order valence-corrected chi connectivity index (χ2v) is 15.8. The molecule has 0 spiro atoms. The number of aryl methyl sites for hydroxylation is 4. The van der Waals surface area contributed by atoms with Gasteiger partial charge in [0.25, 0.3) is 0 Å². The van der Waals surface area contributed by atoms with Crippen molar-refractivity contribution < 1.29 is 26.8 Å². The van der Waals surface area contributed by atoms with Gasteiger partial charge in [-0.05, 0) is 0 Å². The van der Waals surface area contributed by atoms with Crippen molar-refractivity contribution in [1.29, 1.82) is 0 Å². The minimum atomic E-state index is -3.89. The predicted molar refractivity (Wildman–Crippen MR) is 117 cm³/mol. The van der Waals surface area contributed by atoms with E-state index in [1.165, 1.54) is 0 Å². The van der Waals surface area contributed by atoms with Crippen LogP contribution in [0.2, 0.25) is 7.25 Å². The first kappa shape index (κ1) is 20.2. The zero-order valence-electron chi connectivity index (χ0n) is 17.6. The number of para-hydroxylation sites is 2.